The number of carbonyl (C=O) groups excluding carboxylic acids is 1. The van der Waals surface area contributed by atoms with E-state index in [0.29, 0.717) is 6.54 Å². The minimum atomic E-state index is -0.656. The quantitative estimate of drug-likeness (QED) is 0.604. The number of amides is 1. The third kappa shape index (κ3) is 2.26. The van der Waals surface area contributed by atoms with Crippen LogP contribution in [0, 0.1) is 13.8 Å². The normalized spacial score (nSPS) is 12.5. The number of aryl methyl sites for hydroxylation is 2. The van der Waals surface area contributed by atoms with Gasteiger partial charge in [-0.3, -0.25) is 9.47 Å². The summed E-state index contributed by atoms with van der Waals surface area (Å²) in [6.45, 7) is 4.28. The molecular weight excluding hydrogens is 180 g/mol. The van der Waals surface area contributed by atoms with E-state index in [1.54, 1.807) is 0 Å². The standard InChI is InChI=1S/C9H16N4O/c1-6-3-4-7(2)13(6)12-5-8(10)9(11)14/h3-4,8,12H,5,10H2,1-2H3,(H2,11,14). The highest BCUT2D eigenvalue weighted by atomic mass is 16.1. The summed E-state index contributed by atoms with van der Waals surface area (Å²) in [5.41, 5.74) is 15.7. The molecule has 0 radical (unpaired) electrons. The molecule has 5 N–H and O–H groups in total. The van der Waals surface area contributed by atoms with Crippen LogP contribution < -0.4 is 16.9 Å². The zero-order chi connectivity index (χ0) is 10.7. The Morgan fingerprint density at radius 3 is 2.43 bits per heavy atom. The molecule has 14 heavy (non-hydrogen) atoms. The zero-order valence-electron chi connectivity index (χ0n) is 8.45. The summed E-state index contributed by atoms with van der Waals surface area (Å²) in [5, 5.41) is 0. The lowest BCUT2D eigenvalue weighted by Gasteiger charge is -2.14. The highest BCUT2D eigenvalue weighted by Gasteiger charge is 2.09. The van der Waals surface area contributed by atoms with E-state index in [-0.39, 0.29) is 0 Å². The fraction of sp³-hybridized carbons (Fsp3) is 0.444. The molecule has 1 rings (SSSR count). The van der Waals surface area contributed by atoms with E-state index in [1.165, 1.54) is 0 Å². The molecule has 0 saturated heterocycles. The van der Waals surface area contributed by atoms with Crippen LogP contribution in [-0.4, -0.2) is 23.2 Å². The van der Waals surface area contributed by atoms with Crippen molar-refractivity contribution in [2.75, 3.05) is 12.0 Å². The molecule has 1 unspecified atom stereocenters. The maximum atomic E-state index is 10.7. The van der Waals surface area contributed by atoms with Gasteiger partial charge in [0.2, 0.25) is 5.91 Å². The van der Waals surface area contributed by atoms with Gasteiger partial charge in [0.05, 0.1) is 6.54 Å². The topological polar surface area (TPSA) is 86.1 Å². The smallest absolute Gasteiger partial charge is 0.236 e. The highest BCUT2D eigenvalue weighted by Crippen LogP contribution is 2.03. The van der Waals surface area contributed by atoms with Gasteiger partial charge < -0.3 is 16.9 Å². The fourth-order valence-corrected chi connectivity index (χ4v) is 1.21. The minimum absolute atomic E-state index is 0.339. The molecule has 0 aliphatic heterocycles. The Kier molecular flexibility index (Phi) is 3.14. The van der Waals surface area contributed by atoms with E-state index >= 15 is 0 Å². The van der Waals surface area contributed by atoms with Gasteiger partial charge in [0, 0.05) is 11.4 Å². The Labute approximate surface area is 83.0 Å². The molecule has 0 bridgehead atoms. The number of nitrogens with zero attached hydrogens (tertiary/aromatic N) is 1. The molecule has 0 fully saturated rings. The molecule has 0 aromatic carbocycles. The first-order chi connectivity index (χ1) is 6.52. The number of primary amides is 1. The number of nitrogens with two attached hydrogens (primary N) is 2. The predicted octanol–water partition coefficient (Wildman–Crippen LogP) is -0.539. The third-order valence-corrected chi connectivity index (χ3v) is 2.11. The van der Waals surface area contributed by atoms with Crippen LogP contribution in [0.3, 0.4) is 0 Å². The Bertz CT molecular complexity index is 312. The molecule has 78 valence electrons. The van der Waals surface area contributed by atoms with Crippen LogP contribution in [0.25, 0.3) is 0 Å². The van der Waals surface area contributed by atoms with Crippen molar-refractivity contribution in [1.29, 1.82) is 0 Å². The van der Waals surface area contributed by atoms with Crippen LogP contribution in [0.2, 0.25) is 0 Å². The van der Waals surface area contributed by atoms with Crippen molar-refractivity contribution in [3.8, 4) is 0 Å². The number of hydrogen-bond acceptors (Lipinski definition) is 3. The van der Waals surface area contributed by atoms with Gasteiger partial charge >= 0.3 is 0 Å². The minimum Gasteiger partial charge on any atom is -0.368 e. The third-order valence-electron chi connectivity index (χ3n) is 2.11. The summed E-state index contributed by atoms with van der Waals surface area (Å²) in [5.74, 6) is -0.500. The molecule has 1 aromatic heterocycles. The van der Waals surface area contributed by atoms with Crippen LogP contribution in [0.15, 0.2) is 12.1 Å². The van der Waals surface area contributed by atoms with Crippen molar-refractivity contribution in [1.82, 2.24) is 4.68 Å². The average molecular weight is 196 g/mol. The van der Waals surface area contributed by atoms with Gasteiger partial charge in [0.1, 0.15) is 6.04 Å². The van der Waals surface area contributed by atoms with Crippen LogP contribution in [-0.2, 0) is 4.79 Å². The summed E-state index contributed by atoms with van der Waals surface area (Å²) in [6.07, 6.45) is 0. The lowest BCUT2D eigenvalue weighted by molar-refractivity contribution is -0.118. The monoisotopic (exact) mass is 196 g/mol. The lowest BCUT2D eigenvalue weighted by atomic mass is 10.3. The first-order valence-electron chi connectivity index (χ1n) is 4.46. The maximum Gasteiger partial charge on any atom is 0.236 e. The van der Waals surface area contributed by atoms with Gasteiger partial charge in [-0.2, -0.15) is 0 Å². The molecule has 1 atom stereocenters. The van der Waals surface area contributed by atoms with Crippen molar-refractivity contribution in [3.05, 3.63) is 23.5 Å². The Balaban J connectivity index is 2.57. The summed E-state index contributed by atoms with van der Waals surface area (Å²) in [4.78, 5) is 10.7. The van der Waals surface area contributed by atoms with E-state index < -0.39 is 11.9 Å². The van der Waals surface area contributed by atoms with Crippen LogP contribution in [0.5, 0.6) is 0 Å². The fourth-order valence-electron chi connectivity index (χ4n) is 1.21. The lowest BCUT2D eigenvalue weighted by Crippen LogP contribution is -2.43. The number of nitrogens with one attached hydrogen (secondary N) is 1. The summed E-state index contributed by atoms with van der Waals surface area (Å²) >= 11 is 0. The summed E-state index contributed by atoms with van der Waals surface area (Å²) in [7, 11) is 0. The maximum absolute atomic E-state index is 10.7. The highest BCUT2D eigenvalue weighted by molar-refractivity contribution is 5.79. The van der Waals surface area contributed by atoms with Gasteiger partial charge in [-0.15, -0.1) is 0 Å². The Hall–Kier alpha value is -1.49. The van der Waals surface area contributed by atoms with Gasteiger partial charge in [0.25, 0.3) is 0 Å². The molecule has 0 saturated carbocycles. The van der Waals surface area contributed by atoms with Gasteiger partial charge in [-0.1, -0.05) is 0 Å². The second kappa shape index (κ2) is 4.15. The summed E-state index contributed by atoms with van der Waals surface area (Å²) in [6, 6.07) is 3.31. The second-order valence-electron chi connectivity index (χ2n) is 3.32. The molecule has 1 aromatic rings. The van der Waals surface area contributed by atoms with Gasteiger partial charge in [-0.25, -0.2) is 0 Å². The molecule has 0 spiro atoms. The van der Waals surface area contributed by atoms with Crippen molar-refractivity contribution < 1.29 is 4.79 Å². The van der Waals surface area contributed by atoms with Crippen LogP contribution in [0.1, 0.15) is 11.4 Å². The Morgan fingerprint density at radius 1 is 1.50 bits per heavy atom. The van der Waals surface area contributed by atoms with E-state index in [2.05, 4.69) is 5.43 Å². The van der Waals surface area contributed by atoms with E-state index in [4.69, 9.17) is 11.5 Å². The van der Waals surface area contributed by atoms with E-state index in [9.17, 15) is 4.79 Å². The molecule has 5 nitrogen and oxygen atoms in total. The molecule has 0 aliphatic carbocycles. The molecule has 1 amide bonds. The number of aromatic nitrogens is 1. The second-order valence-corrected chi connectivity index (χ2v) is 3.32. The molecular formula is C9H16N4O. The van der Waals surface area contributed by atoms with Crippen molar-refractivity contribution in [2.24, 2.45) is 11.5 Å². The van der Waals surface area contributed by atoms with Gasteiger partial charge in [0.15, 0.2) is 0 Å². The van der Waals surface area contributed by atoms with Crippen molar-refractivity contribution >= 4 is 5.91 Å². The van der Waals surface area contributed by atoms with Crippen LogP contribution in [0.4, 0.5) is 0 Å². The number of rotatable bonds is 4. The first kappa shape index (κ1) is 10.6. The van der Waals surface area contributed by atoms with E-state index in [1.807, 2.05) is 30.7 Å². The number of hydrogen-bond donors (Lipinski definition) is 3. The average Bonchev–Trinajstić information content (AvgIpc) is 2.43. The first-order valence-corrected chi connectivity index (χ1v) is 4.46. The summed E-state index contributed by atoms with van der Waals surface area (Å²) < 4.78 is 1.88. The largest absolute Gasteiger partial charge is 0.368 e. The van der Waals surface area contributed by atoms with E-state index in [0.717, 1.165) is 11.4 Å². The SMILES string of the molecule is Cc1ccc(C)n1NCC(N)C(N)=O. The zero-order valence-corrected chi connectivity index (χ0v) is 8.45. The van der Waals surface area contributed by atoms with Crippen molar-refractivity contribution in [2.45, 2.75) is 19.9 Å². The predicted molar refractivity (Wildman–Crippen MR) is 55.3 cm³/mol. The Morgan fingerprint density at radius 2 is 2.00 bits per heavy atom. The van der Waals surface area contributed by atoms with Crippen molar-refractivity contribution in [3.63, 3.8) is 0 Å². The van der Waals surface area contributed by atoms with Crippen LogP contribution >= 0.6 is 0 Å². The molecule has 0 aliphatic rings. The number of carbonyl (C=O) groups is 1. The van der Waals surface area contributed by atoms with Gasteiger partial charge in [-0.05, 0) is 26.0 Å². The molecule has 5 heteroatoms. The molecule has 1 heterocycles.